The van der Waals surface area contributed by atoms with Gasteiger partial charge in [-0.05, 0) is 31.2 Å². The molecule has 1 aliphatic heterocycles. The van der Waals surface area contributed by atoms with Crippen molar-refractivity contribution in [2.75, 3.05) is 49.7 Å². The Hall–Kier alpha value is -3.37. The number of carbonyl (C=O) groups excluding carboxylic acids is 1. The highest BCUT2D eigenvalue weighted by molar-refractivity contribution is 5.98. The van der Waals surface area contributed by atoms with Gasteiger partial charge < -0.3 is 25.4 Å². The molecule has 1 aromatic heterocycles. The Labute approximate surface area is 217 Å². The van der Waals surface area contributed by atoms with Crippen molar-refractivity contribution in [3.63, 3.8) is 0 Å². The minimum absolute atomic E-state index is 0.115. The van der Waals surface area contributed by atoms with Gasteiger partial charge in [0.2, 0.25) is 0 Å². The quantitative estimate of drug-likeness (QED) is 0.418. The van der Waals surface area contributed by atoms with Crippen molar-refractivity contribution in [1.29, 1.82) is 0 Å². The molecule has 0 bridgehead atoms. The number of fused-ring (bicyclic) bond motifs is 1. The zero-order chi connectivity index (χ0) is 27.4. The van der Waals surface area contributed by atoms with E-state index in [1.54, 1.807) is 18.3 Å². The van der Waals surface area contributed by atoms with Crippen LogP contribution in [-0.2, 0) is 4.74 Å². The highest BCUT2D eigenvalue weighted by Crippen LogP contribution is 2.29. The first-order chi connectivity index (χ1) is 17.9. The topological polar surface area (TPSA) is 99.6 Å². The predicted molar refractivity (Wildman–Crippen MR) is 143 cm³/mol. The minimum Gasteiger partial charge on any atom is -0.395 e. The van der Waals surface area contributed by atoms with E-state index in [4.69, 9.17) is 14.8 Å². The Bertz CT molecular complexity index is 1140. The summed E-state index contributed by atoms with van der Waals surface area (Å²) in [7, 11) is 0. The van der Waals surface area contributed by atoms with Gasteiger partial charge in [0.25, 0.3) is 5.91 Å². The lowest BCUT2D eigenvalue weighted by Crippen LogP contribution is -2.36. The van der Waals surface area contributed by atoms with Gasteiger partial charge in [0, 0.05) is 42.5 Å². The number of benzene rings is 2. The largest absolute Gasteiger partial charge is 0.395 e. The highest BCUT2D eigenvalue weighted by Gasteiger charge is 2.20. The normalized spacial score (nSPS) is 13.6. The average Bonchev–Trinajstić information content (AvgIpc) is 2.93. The van der Waals surface area contributed by atoms with E-state index in [0.717, 1.165) is 6.07 Å². The van der Waals surface area contributed by atoms with Crippen molar-refractivity contribution in [2.24, 2.45) is 0 Å². The number of carbonyl (C=O) groups is 1. The van der Waals surface area contributed by atoms with E-state index in [2.05, 4.69) is 20.5 Å². The van der Waals surface area contributed by atoms with E-state index < -0.39 is 17.7 Å². The lowest BCUT2D eigenvalue weighted by molar-refractivity contribution is 0.0944. The number of anilines is 2. The number of aliphatic hydroxyl groups excluding tert-OH is 1. The van der Waals surface area contributed by atoms with Gasteiger partial charge in [-0.2, -0.15) is 0 Å². The molecule has 1 saturated heterocycles. The predicted octanol–water partition coefficient (Wildman–Crippen LogP) is 4.69. The van der Waals surface area contributed by atoms with E-state index in [0.29, 0.717) is 54.3 Å². The number of hydrogen-bond donors (Lipinski definition) is 3. The summed E-state index contributed by atoms with van der Waals surface area (Å²) >= 11 is 0. The standard InChI is InChI=1S/C23H25F2N5O3.2C2H6/c1-14(28-18-11-16(24)10-17(25)12-18)19-8-15(23(32)26-2-5-31)9-20-22(19)29-21(13-27-20)30-3-6-33-7-4-30;2*1-2/h8-14,28,31H,2-7H2,1H3,(H,26,32);2*1-2H3. The third-order valence-corrected chi connectivity index (χ3v) is 5.37. The number of ether oxygens (including phenoxy) is 1. The number of morpholine rings is 1. The van der Waals surface area contributed by atoms with E-state index in [9.17, 15) is 13.6 Å². The Kier molecular flexibility index (Phi) is 12.1. The van der Waals surface area contributed by atoms with Gasteiger partial charge in [-0.3, -0.25) is 9.78 Å². The van der Waals surface area contributed by atoms with Crippen molar-refractivity contribution in [3.05, 3.63) is 59.3 Å². The van der Waals surface area contributed by atoms with Crippen LogP contribution in [0.5, 0.6) is 0 Å². The molecule has 202 valence electrons. The van der Waals surface area contributed by atoms with E-state index in [1.807, 2.05) is 34.6 Å². The molecule has 0 radical (unpaired) electrons. The molecule has 37 heavy (non-hydrogen) atoms. The van der Waals surface area contributed by atoms with E-state index >= 15 is 0 Å². The van der Waals surface area contributed by atoms with Crippen molar-refractivity contribution in [2.45, 2.75) is 40.7 Å². The second-order valence-corrected chi connectivity index (χ2v) is 7.76. The number of nitrogens with zero attached hydrogens (tertiary/aromatic N) is 3. The van der Waals surface area contributed by atoms with Crippen LogP contribution in [0.1, 0.15) is 56.6 Å². The molecule has 10 heteroatoms. The summed E-state index contributed by atoms with van der Waals surface area (Å²) < 4.78 is 32.8. The van der Waals surface area contributed by atoms with Gasteiger partial charge >= 0.3 is 0 Å². The van der Waals surface area contributed by atoms with Crippen molar-refractivity contribution in [1.82, 2.24) is 15.3 Å². The SMILES string of the molecule is CC.CC.CC(Nc1cc(F)cc(F)c1)c1cc(C(=O)NCCO)cc2ncc(N3CCOCC3)nc12. The zero-order valence-electron chi connectivity index (χ0n) is 22.1. The Balaban J connectivity index is 0.00000115. The first kappa shape index (κ1) is 29.9. The second-order valence-electron chi connectivity index (χ2n) is 7.76. The fourth-order valence-electron chi connectivity index (χ4n) is 3.77. The van der Waals surface area contributed by atoms with Crippen LogP contribution in [0.25, 0.3) is 11.0 Å². The smallest absolute Gasteiger partial charge is 0.251 e. The second kappa shape index (κ2) is 15.0. The van der Waals surface area contributed by atoms with Crippen LogP contribution in [0.2, 0.25) is 0 Å². The first-order valence-corrected chi connectivity index (χ1v) is 12.7. The van der Waals surface area contributed by atoms with E-state index in [1.165, 1.54) is 12.1 Å². The Morgan fingerprint density at radius 3 is 2.35 bits per heavy atom. The maximum Gasteiger partial charge on any atom is 0.251 e. The van der Waals surface area contributed by atoms with Crippen molar-refractivity contribution in [3.8, 4) is 0 Å². The summed E-state index contributed by atoms with van der Waals surface area (Å²) in [4.78, 5) is 24.0. The summed E-state index contributed by atoms with van der Waals surface area (Å²) in [5.41, 5.74) is 2.35. The number of amides is 1. The molecule has 3 aromatic rings. The van der Waals surface area contributed by atoms with Gasteiger partial charge in [-0.15, -0.1) is 0 Å². The summed E-state index contributed by atoms with van der Waals surface area (Å²) in [5.74, 6) is -1.06. The van der Waals surface area contributed by atoms with Crippen LogP contribution in [0.15, 0.2) is 36.5 Å². The molecule has 3 N–H and O–H groups in total. The molecule has 8 nitrogen and oxygen atoms in total. The molecule has 4 rings (SSSR count). The monoisotopic (exact) mass is 517 g/mol. The molecule has 2 aromatic carbocycles. The van der Waals surface area contributed by atoms with Crippen LogP contribution in [0.3, 0.4) is 0 Å². The molecule has 1 amide bonds. The molecule has 1 fully saturated rings. The molecular formula is C27H37F2N5O3. The molecule has 1 unspecified atom stereocenters. The molecule has 1 atom stereocenters. The summed E-state index contributed by atoms with van der Waals surface area (Å²) in [6, 6.07) is 6.07. The van der Waals surface area contributed by atoms with Crippen LogP contribution in [-0.4, -0.2) is 60.4 Å². The lowest BCUT2D eigenvalue weighted by Gasteiger charge is -2.28. The molecule has 0 saturated carbocycles. The van der Waals surface area contributed by atoms with Gasteiger partial charge in [0.1, 0.15) is 17.5 Å². The number of nitrogens with one attached hydrogen (secondary N) is 2. The fourth-order valence-corrected chi connectivity index (χ4v) is 3.77. The average molecular weight is 518 g/mol. The molecular weight excluding hydrogens is 480 g/mol. The number of halogens is 2. The molecule has 1 aliphatic rings. The third kappa shape index (κ3) is 8.06. The number of aromatic nitrogens is 2. The minimum atomic E-state index is -0.693. The van der Waals surface area contributed by atoms with Gasteiger partial charge in [0.05, 0.1) is 43.1 Å². The van der Waals surface area contributed by atoms with Crippen molar-refractivity contribution >= 4 is 28.4 Å². The summed E-state index contributed by atoms with van der Waals surface area (Å²) in [5, 5.41) is 14.7. The van der Waals surface area contributed by atoms with Crippen LogP contribution < -0.4 is 15.5 Å². The summed E-state index contributed by atoms with van der Waals surface area (Å²) in [6.07, 6.45) is 1.66. The maximum absolute atomic E-state index is 13.7. The Morgan fingerprint density at radius 1 is 1.08 bits per heavy atom. The van der Waals surface area contributed by atoms with Crippen LogP contribution in [0, 0.1) is 11.6 Å². The zero-order valence-corrected chi connectivity index (χ0v) is 22.1. The van der Waals surface area contributed by atoms with Gasteiger partial charge in [-0.25, -0.2) is 13.8 Å². The lowest BCUT2D eigenvalue weighted by atomic mass is 10.0. The first-order valence-electron chi connectivity index (χ1n) is 12.7. The van der Waals surface area contributed by atoms with Crippen LogP contribution >= 0.6 is 0 Å². The Morgan fingerprint density at radius 2 is 1.73 bits per heavy atom. The van der Waals surface area contributed by atoms with Gasteiger partial charge in [-0.1, -0.05) is 27.7 Å². The summed E-state index contributed by atoms with van der Waals surface area (Å²) in [6.45, 7) is 12.3. The molecule has 0 spiro atoms. The van der Waals surface area contributed by atoms with Gasteiger partial charge in [0.15, 0.2) is 0 Å². The maximum atomic E-state index is 13.7. The highest BCUT2D eigenvalue weighted by atomic mass is 19.1. The van der Waals surface area contributed by atoms with Crippen LogP contribution in [0.4, 0.5) is 20.3 Å². The van der Waals surface area contributed by atoms with Crippen molar-refractivity contribution < 1.29 is 23.4 Å². The van der Waals surface area contributed by atoms with E-state index in [-0.39, 0.29) is 24.7 Å². The molecule has 2 heterocycles. The number of aliphatic hydroxyl groups is 1. The fraction of sp³-hybridized carbons (Fsp3) is 0.444. The number of rotatable bonds is 7. The number of hydrogen-bond acceptors (Lipinski definition) is 7. The third-order valence-electron chi connectivity index (χ3n) is 5.37. The molecule has 0 aliphatic carbocycles.